The van der Waals surface area contributed by atoms with Gasteiger partial charge in [-0.3, -0.25) is 4.98 Å². The van der Waals surface area contributed by atoms with Crippen LogP contribution in [0.1, 0.15) is 12.0 Å². The number of ether oxygens (including phenoxy) is 2. The number of halogens is 2. The molecule has 5 nitrogen and oxygen atoms in total. The zero-order chi connectivity index (χ0) is 17.8. The standard InChI is InChI=1S/C18H17F2N3O2/c1-2-7-24-14-5-6-23(11-14)17-12(9-21)10-22-16-4-3-13(8-15(16)17)25-18(19)20/h2-4,8,10,14,18H,1,5-7,11H2. The first-order valence-electron chi connectivity index (χ1n) is 7.87. The highest BCUT2D eigenvalue weighted by Crippen LogP contribution is 2.34. The Bertz CT molecular complexity index is 820. The van der Waals surface area contributed by atoms with Gasteiger partial charge in [-0.25, -0.2) is 0 Å². The third-order valence-corrected chi connectivity index (χ3v) is 4.07. The van der Waals surface area contributed by atoms with E-state index in [9.17, 15) is 14.0 Å². The van der Waals surface area contributed by atoms with Gasteiger partial charge in [0.05, 0.1) is 29.5 Å². The maximum absolute atomic E-state index is 12.5. The minimum Gasteiger partial charge on any atom is -0.435 e. The lowest BCUT2D eigenvalue weighted by atomic mass is 10.1. The van der Waals surface area contributed by atoms with Crippen LogP contribution in [0.3, 0.4) is 0 Å². The van der Waals surface area contributed by atoms with E-state index in [1.807, 2.05) is 4.90 Å². The van der Waals surface area contributed by atoms with E-state index in [-0.39, 0.29) is 11.9 Å². The summed E-state index contributed by atoms with van der Waals surface area (Å²) in [7, 11) is 0. The fraction of sp³-hybridized carbons (Fsp3) is 0.333. The van der Waals surface area contributed by atoms with Gasteiger partial charge in [0.25, 0.3) is 0 Å². The summed E-state index contributed by atoms with van der Waals surface area (Å²) < 4.78 is 35.2. The Kier molecular flexibility index (Phi) is 5.10. The molecule has 0 saturated carbocycles. The summed E-state index contributed by atoms with van der Waals surface area (Å²) in [6, 6.07) is 6.69. The third-order valence-electron chi connectivity index (χ3n) is 4.07. The van der Waals surface area contributed by atoms with Crippen LogP contribution >= 0.6 is 0 Å². The molecule has 1 aliphatic rings. The Hall–Kier alpha value is -2.72. The lowest BCUT2D eigenvalue weighted by Gasteiger charge is -2.22. The van der Waals surface area contributed by atoms with Gasteiger partial charge in [-0.15, -0.1) is 6.58 Å². The van der Waals surface area contributed by atoms with Crippen LogP contribution in [0.4, 0.5) is 14.5 Å². The molecule has 25 heavy (non-hydrogen) atoms. The molecule has 0 spiro atoms. The summed E-state index contributed by atoms with van der Waals surface area (Å²) in [5.74, 6) is 0.0410. The van der Waals surface area contributed by atoms with Gasteiger partial charge < -0.3 is 14.4 Å². The van der Waals surface area contributed by atoms with Gasteiger partial charge in [0, 0.05) is 24.7 Å². The summed E-state index contributed by atoms with van der Waals surface area (Å²) >= 11 is 0. The number of anilines is 1. The van der Waals surface area contributed by atoms with Crippen molar-refractivity contribution in [3.8, 4) is 11.8 Å². The zero-order valence-corrected chi connectivity index (χ0v) is 13.5. The van der Waals surface area contributed by atoms with E-state index in [0.717, 1.165) is 6.42 Å². The molecule has 2 aromatic rings. The van der Waals surface area contributed by atoms with Crippen molar-refractivity contribution < 1.29 is 18.3 Å². The maximum atomic E-state index is 12.5. The normalized spacial score (nSPS) is 17.0. The number of fused-ring (bicyclic) bond motifs is 1. The van der Waals surface area contributed by atoms with Crippen LogP contribution in [0.15, 0.2) is 37.1 Å². The van der Waals surface area contributed by atoms with Crippen LogP contribution in [0, 0.1) is 11.3 Å². The predicted octanol–water partition coefficient (Wildman–Crippen LogP) is 3.49. The van der Waals surface area contributed by atoms with Gasteiger partial charge in [0.15, 0.2) is 0 Å². The second-order valence-electron chi connectivity index (χ2n) is 5.67. The van der Waals surface area contributed by atoms with Crippen LogP contribution in [0.5, 0.6) is 5.75 Å². The Morgan fingerprint density at radius 1 is 1.48 bits per heavy atom. The van der Waals surface area contributed by atoms with Crippen molar-refractivity contribution in [2.75, 3.05) is 24.6 Å². The van der Waals surface area contributed by atoms with Crippen LogP contribution in [-0.2, 0) is 4.74 Å². The summed E-state index contributed by atoms with van der Waals surface area (Å²) in [4.78, 5) is 6.27. The molecule has 1 unspecified atom stereocenters. The fourth-order valence-electron chi connectivity index (χ4n) is 3.03. The Morgan fingerprint density at radius 2 is 2.32 bits per heavy atom. The monoisotopic (exact) mass is 345 g/mol. The molecule has 0 amide bonds. The van der Waals surface area contributed by atoms with Gasteiger partial charge in [0.2, 0.25) is 0 Å². The zero-order valence-electron chi connectivity index (χ0n) is 13.5. The quantitative estimate of drug-likeness (QED) is 0.750. The van der Waals surface area contributed by atoms with Crippen LogP contribution < -0.4 is 9.64 Å². The number of rotatable bonds is 6. The smallest absolute Gasteiger partial charge is 0.387 e. The molecule has 0 radical (unpaired) electrons. The number of nitrogens with zero attached hydrogens (tertiary/aromatic N) is 3. The van der Waals surface area contributed by atoms with E-state index < -0.39 is 6.61 Å². The molecule has 2 heterocycles. The molecule has 130 valence electrons. The van der Waals surface area contributed by atoms with Crippen molar-refractivity contribution >= 4 is 16.6 Å². The molecular weight excluding hydrogens is 328 g/mol. The first kappa shape index (κ1) is 17.1. The first-order valence-corrected chi connectivity index (χ1v) is 7.87. The second kappa shape index (κ2) is 7.45. The van der Waals surface area contributed by atoms with E-state index in [2.05, 4.69) is 22.4 Å². The lowest BCUT2D eigenvalue weighted by molar-refractivity contribution is -0.0497. The molecular formula is C18H17F2N3O2. The molecule has 3 rings (SSSR count). The Morgan fingerprint density at radius 3 is 3.04 bits per heavy atom. The topological polar surface area (TPSA) is 58.4 Å². The second-order valence-corrected chi connectivity index (χ2v) is 5.67. The van der Waals surface area contributed by atoms with Crippen molar-refractivity contribution in [2.24, 2.45) is 0 Å². The largest absolute Gasteiger partial charge is 0.435 e. The van der Waals surface area contributed by atoms with Crippen LogP contribution in [0.2, 0.25) is 0 Å². The Labute approximate surface area is 144 Å². The molecule has 1 fully saturated rings. The summed E-state index contributed by atoms with van der Waals surface area (Å²) in [5, 5.41) is 10.1. The molecule has 1 saturated heterocycles. The molecule has 1 aliphatic heterocycles. The SMILES string of the molecule is C=CCOC1CCN(c2c(C#N)cnc3ccc(OC(F)F)cc23)C1. The highest BCUT2D eigenvalue weighted by Gasteiger charge is 2.26. The van der Waals surface area contributed by atoms with Crippen molar-refractivity contribution in [3.05, 3.63) is 42.6 Å². The van der Waals surface area contributed by atoms with E-state index in [1.54, 1.807) is 12.1 Å². The number of aromatic nitrogens is 1. The molecule has 1 atom stereocenters. The van der Waals surface area contributed by atoms with Gasteiger partial charge in [-0.05, 0) is 24.6 Å². The van der Waals surface area contributed by atoms with Crippen molar-refractivity contribution in [1.82, 2.24) is 4.98 Å². The summed E-state index contributed by atoms with van der Waals surface area (Å²) in [5.41, 5.74) is 1.69. The minimum atomic E-state index is -2.91. The number of pyridine rings is 1. The maximum Gasteiger partial charge on any atom is 0.387 e. The number of hydrogen-bond donors (Lipinski definition) is 0. The van der Waals surface area contributed by atoms with Crippen LogP contribution in [-0.4, -0.2) is 37.4 Å². The number of nitriles is 1. The third kappa shape index (κ3) is 3.69. The molecule has 1 aromatic heterocycles. The van der Waals surface area contributed by atoms with Gasteiger partial charge in [-0.1, -0.05) is 6.08 Å². The van der Waals surface area contributed by atoms with Gasteiger partial charge in [-0.2, -0.15) is 14.0 Å². The van der Waals surface area contributed by atoms with E-state index >= 15 is 0 Å². The Balaban J connectivity index is 1.99. The van der Waals surface area contributed by atoms with E-state index in [1.165, 1.54) is 18.3 Å². The molecule has 7 heteroatoms. The van der Waals surface area contributed by atoms with Crippen molar-refractivity contribution in [3.63, 3.8) is 0 Å². The van der Waals surface area contributed by atoms with Crippen LogP contribution in [0.25, 0.3) is 10.9 Å². The summed E-state index contributed by atoms with van der Waals surface area (Å²) in [6.07, 6.45) is 4.05. The van der Waals surface area contributed by atoms with Gasteiger partial charge in [0.1, 0.15) is 11.8 Å². The first-order chi connectivity index (χ1) is 12.1. The van der Waals surface area contributed by atoms with E-state index in [0.29, 0.717) is 41.9 Å². The number of benzene rings is 1. The highest BCUT2D eigenvalue weighted by molar-refractivity contribution is 5.95. The molecule has 0 aliphatic carbocycles. The highest BCUT2D eigenvalue weighted by atomic mass is 19.3. The molecule has 0 N–H and O–H groups in total. The fourth-order valence-corrected chi connectivity index (χ4v) is 3.03. The van der Waals surface area contributed by atoms with E-state index in [4.69, 9.17) is 4.74 Å². The average Bonchev–Trinajstić information content (AvgIpc) is 3.06. The minimum absolute atomic E-state index is 0.0354. The number of alkyl halides is 2. The number of hydrogen-bond acceptors (Lipinski definition) is 5. The van der Waals surface area contributed by atoms with Crippen molar-refractivity contribution in [2.45, 2.75) is 19.1 Å². The average molecular weight is 345 g/mol. The van der Waals surface area contributed by atoms with Gasteiger partial charge >= 0.3 is 6.61 Å². The lowest BCUT2D eigenvalue weighted by Crippen LogP contribution is -2.24. The molecule has 0 bridgehead atoms. The summed E-state index contributed by atoms with van der Waals surface area (Å²) in [6.45, 7) is 2.51. The molecule has 1 aromatic carbocycles. The van der Waals surface area contributed by atoms with Crippen molar-refractivity contribution in [1.29, 1.82) is 5.26 Å². The predicted molar refractivity (Wildman–Crippen MR) is 89.9 cm³/mol.